The summed E-state index contributed by atoms with van der Waals surface area (Å²) in [7, 11) is -5.06. The molecule has 0 spiro atoms. The number of carbonyl (C=O) groups is 4. The van der Waals surface area contributed by atoms with Gasteiger partial charge in [0.05, 0.1) is 19.3 Å². The number of amides is 2. The fourth-order valence-electron chi connectivity index (χ4n) is 10.3. The summed E-state index contributed by atoms with van der Waals surface area (Å²) in [4.78, 5) is 53.5. The third-order valence-corrected chi connectivity index (χ3v) is 13.8. The summed E-state index contributed by atoms with van der Waals surface area (Å²) >= 11 is 0. The van der Waals surface area contributed by atoms with Crippen molar-refractivity contribution in [1.82, 2.24) is 5.06 Å². The third kappa shape index (κ3) is 7.89. The van der Waals surface area contributed by atoms with Gasteiger partial charge in [0.25, 0.3) is 11.8 Å². The number of imide groups is 1. The molecule has 0 aromatic rings. The molecule has 1 unspecified atom stereocenters. The van der Waals surface area contributed by atoms with Gasteiger partial charge in [-0.05, 0) is 91.3 Å². The van der Waals surface area contributed by atoms with E-state index in [-0.39, 0.29) is 52.6 Å². The summed E-state index contributed by atoms with van der Waals surface area (Å²) in [5.41, 5.74) is 1.94. The monoisotopic (exact) mass is 685 g/mol. The van der Waals surface area contributed by atoms with Gasteiger partial charge in [0, 0.05) is 6.42 Å². The van der Waals surface area contributed by atoms with Gasteiger partial charge in [0.15, 0.2) is 0 Å². The fraction of sp³-hybridized carbons (Fsp3) is 0.829. The Hall–Kier alpha value is -1.27. The number of ether oxygens (including phenoxy) is 1. The van der Waals surface area contributed by atoms with Crippen LogP contribution in [0.25, 0.3) is 0 Å². The predicted octanol–water partition coefficient (Wildman–Crippen LogP) is 2.85. The van der Waals surface area contributed by atoms with Crippen LogP contribution in [0.4, 0.5) is 0 Å². The van der Waals surface area contributed by atoms with E-state index in [2.05, 4.69) is 40.7 Å². The first-order chi connectivity index (χ1) is 21.5. The molecule has 4 aliphatic carbocycles. The van der Waals surface area contributed by atoms with Crippen molar-refractivity contribution in [2.45, 2.75) is 136 Å². The first-order valence-electron chi connectivity index (χ1n) is 17.5. The Morgan fingerprint density at radius 1 is 0.979 bits per heavy atom. The topological polar surface area (TPSA) is 147 Å². The van der Waals surface area contributed by atoms with E-state index in [1.54, 1.807) is 0 Å². The van der Waals surface area contributed by atoms with Crippen LogP contribution in [0.15, 0.2) is 11.6 Å². The molecular formula is C35H52NNaO9S. The van der Waals surface area contributed by atoms with Crippen molar-refractivity contribution in [3.05, 3.63) is 11.6 Å². The Morgan fingerprint density at radius 2 is 1.68 bits per heavy atom. The van der Waals surface area contributed by atoms with Gasteiger partial charge in [0.1, 0.15) is 21.5 Å². The first kappa shape index (κ1) is 38.5. The summed E-state index contributed by atoms with van der Waals surface area (Å²) in [5, 5.41) is -2.10. The number of nitrogens with zero attached hydrogens (tertiary/aromatic N) is 1. The van der Waals surface area contributed by atoms with Gasteiger partial charge in [-0.15, -0.1) is 5.06 Å². The van der Waals surface area contributed by atoms with Gasteiger partial charge < -0.3 is 14.1 Å². The maximum Gasteiger partial charge on any atom is 1.00 e. The zero-order valence-electron chi connectivity index (χ0n) is 29.1. The van der Waals surface area contributed by atoms with Crippen LogP contribution in [0, 0.1) is 46.3 Å². The number of hydroxylamine groups is 2. The van der Waals surface area contributed by atoms with Crippen molar-refractivity contribution in [3.8, 4) is 0 Å². The van der Waals surface area contributed by atoms with Crippen LogP contribution in [0.3, 0.4) is 0 Å². The van der Waals surface area contributed by atoms with E-state index in [1.807, 2.05) is 0 Å². The van der Waals surface area contributed by atoms with Crippen LogP contribution in [-0.4, -0.2) is 53.1 Å². The number of esters is 1. The smallest absolute Gasteiger partial charge is 0.747 e. The van der Waals surface area contributed by atoms with Crippen molar-refractivity contribution in [2.24, 2.45) is 46.3 Å². The largest absolute Gasteiger partial charge is 1.00 e. The van der Waals surface area contributed by atoms with Crippen LogP contribution < -0.4 is 29.6 Å². The number of hydrogen-bond donors (Lipinski definition) is 0. The van der Waals surface area contributed by atoms with Gasteiger partial charge in [-0.25, -0.2) is 13.2 Å². The summed E-state index contributed by atoms with van der Waals surface area (Å²) in [6.07, 6.45) is 13.3. The third-order valence-electron chi connectivity index (χ3n) is 12.7. The van der Waals surface area contributed by atoms with Gasteiger partial charge in [-0.2, -0.15) is 0 Å². The van der Waals surface area contributed by atoms with Crippen molar-refractivity contribution >= 4 is 33.9 Å². The van der Waals surface area contributed by atoms with Gasteiger partial charge >= 0.3 is 41.5 Å². The second-order valence-electron chi connectivity index (χ2n) is 15.8. The minimum absolute atomic E-state index is 0. The van der Waals surface area contributed by atoms with Crippen LogP contribution in [0.2, 0.25) is 0 Å². The maximum atomic E-state index is 12.7. The van der Waals surface area contributed by atoms with Crippen molar-refractivity contribution in [1.29, 1.82) is 0 Å². The molecule has 1 aliphatic heterocycles. The molecule has 1 saturated heterocycles. The average Bonchev–Trinajstić information content (AvgIpc) is 3.47. The molecule has 10 nitrogen and oxygen atoms in total. The number of fused-ring (bicyclic) bond motifs is 5. The fourth-order valence-corrected chi connectivity index (χ4v) is 10.9. The summed E-state index contributed by atoms with van der Waals surface area (Å²) in [6, 6.07) is 0. The molecule has 0 N–H and O–H groups in total. The Bertz CT molecular complexity index is 1360. The van der Waals surface area contributed by atoms with E-state index < -0.39 is 52.0 Å². The number of carbonyl (C=O) groups excluding carboxylic acids is 4. The first-order valence-corrected chi connectivity index (χ1v) is 18.9. The van der Waals surface area contributed by atoms with Crippen molar-refractivity contribution in [2.75, 3.05) is 0 Å². The molecule has 1 heterocycles. The predicted molar refractivity (Wildman–Crippen MR) is 168 cm³/mol. The van der Waals surface area contributed by atoms with E-state index in [9.17, 15) is 32.1 Å². The van der Waals surface area contributed by atoms with Gasteiger partial charge in [-0.1, -0.05) is 65.5 Å². The number of allylic oxidation sites excluding steroid dienone is 1. The minimum Gasteiger partial charge on any atom is -0.747 e. The quantitative estimate of drug-likeness (QED) is 0.105. The zero-order chi connectivity index (χ0) is 33.6. The van der Waals surface area contributed by atoms with Crippen LogP contribution in [0.1, 0.15) is 125 Å². The molecule has 0 bridgehead atoms. The molecule has 0 aromatic carbocycles. The average molecular weight is 686 g/mol. The van der Waals surface area contributed by atoms with E-state index >= 15 is 0 Å². The zero-order valence-corrected chi connectivity index (χ0v) is 31.9. The van der Waals surface area contributed by atoms with E-state index in [0.29, 0.717) is 23.7 Å². The molecule has 5 aliphatic rings. The molecule has 5 rings (SSSR count). The van der Waals surface area contributed by atoms with E-state index in [1.165, 1.54) is 50.5 Å². The van der Waals surface area contributed by atoms with Crippen molar-refractivity contribution < 1.29 is 71.3 Å². The number of rotatable bonds is 11. The van der Waals surface area contributed by atoms with Crippen molar-refractivity contribution in [3.63, 3.8) is 0 Å². The molecule has 0 radical (unpaired) electrons. The van der Waals surface area contributed by atoms with Gasteiger partial charge in [0.2, 0.25) is 0 Å². The summed E-state index contributed by atoms with van der Waals surface area (Å²) in [5.74, 6) is 0.370. The van der Waals surface area contributed by atoms with Crippen LogP contribution in [-0.2, 0) is 38.9 Å². The molecule has 3 saturated carbocycles. The molecule has 4 fully saturated rings. The molecule has 9 atom stereocenters. The molecule has 47 heavy (non-hydrogen) atoms. The standard InChI is InChI=1S/C35H53NO9S.Na/c1-21(2)7-6-8-22(3)26-11-12-27-25-10-9-23-19-24(15-17-34(23,4)28(25)16-18-35(26,27)5)44-31(38)13-14-32(39)45-36-30(37)20-29(33(36)40)46(41,42)43;/h9,21-22,24-29H,6-8,10-20H2,1-5H3,(H,41,42,43);/q;+1/p-1/t22-,24+,25+,26-,27+,28+,29?,34+,35-;/m1./s1. The van der Waals surface area contributed by atoms with Crippen LogP contribution >= 0.6 is 0 Å². The maximum absolute atomic E-state index is 12.7. The number of hydrogen-bond acceptors (Lipinski definition) is 9. The minimum atomic E-state index is -5.06. The van der Waals surface area contributed by atoms with Gasteiger partial charge in [-0.3, -0.25) is 14.4 Å². The summed E-state index contributed by atoms with van der Waals surface area (Å²) in [6.45, 7) is 12.2. The van der Waals surface area contributed by atoms with E-state index in [0.717, 1.165) is 42.9 Å². The Labute approximate surface area is 302 Å². The molecule has 258 valence electrons. The molecular weight excluding hydrogens is 633 g/mol. The van der Waals surface area contributed by atoms with E-state index in [4.69, 9.17) is 9.57 Å². The second-order valence-corrected chi connectivity index (χ2v) is 17.4. The Balaban J connectivity index is 0.00000500. The molecule has 12 heteroatoms. The molecule has 2 amide bonds. The molecule has 0 aromatic heterocycles. The second kappa shape index (κ2) is 14.9. The SMILES string of the molecule is CC(C)CCC[C@@H](C)[C@H]1CC[C@H]2[C@@H]3CC=C4C[C@@H](OC(=O)CCC(=O)ON5C(=O)CC(S(=O)(=O)[O-])C5=O)CC[C@]4(C)[C@H]3CC[C@]12C.[Na+]. The van der Waals surface area contributed by atoms with Crippen LogP contribution in [0.5, 0.6) is 0 Å². The Kier molecular flexibility index (Phi) is 12.2. The Morgan fingerprint density at radius 3 is 2.34 bits per heavy atom. The summed E-state index contributed by atoms with van der Waals surface area (Å²) < 4.78 is 39.3. The normalized spacial score (nSPS) is 35.7.